The third-order valence-electron chi connectivity index (χ3n) is 6.67. The van der Waals surface area contributed by atoms with E-state index in [0.29, 0.717) is 17.8 Å². The molecule has 6 nitrogen and oxygen atoms in total. The molecule has 1 saturated carbocycles. The van der Waals surface area contributed by atoms with Gasteiger partial charge in [0.25, 0.3) is 0 Å². The summed E-state index contributed by atoms with van der Waals surface area (Å²) in [7, 11) is 0. The van der Waals surface area contributed by atoms with Crippen LogP contribution in [0.25, 0.3) is 10.6 Å². The minimum Gasteiger partial charge on any atom is -0.309 e. The molecule has 1 amide bonds. The Morgan fingerprint density at radius 1 is 1.19 bits per heavy atom. The molecule has 5 rings (SSSR count). The van der Waals surface area contributed by atoms with E-state index in [1.54, 1.807) is 30.7 Å². The fourth-order valence-corrected chi connectivity index (χ4v) is 5.84. The van der Waals surface area contributed by atoms with Crippen LogP contribution in [0.5, 0.6) is 0 Å². The summed E-state index contributed by atoms with van der Waals surface area (Å²) in [5.41, 5.74) is 3.37. The molecule has 2 aliphatic rings. The lowest BCUT2D eigenvalue weighted by Crippen LogP contribution is -2.50. The number of nitrogens with zero attached hydrogens (tertiary/aromatic N) is 5. The van der Waals surface area contributed by atoms with E-state index in [1.807, 2.05) is 13.0 Å². The summed E-state index contributed by atoms with van der Waals surface area (Å²) in [6.45, 7) is 5.99. The van der Waals surface area contributed by atoms with Gasteiger partial charge in [0.05, 0.1) is 0 Å². The number of amides is 1. The predicted molar refractivity (Wildman–Crippen MR) is 122 cm³/mol. The molecule has 0 spiro atoms. The SMILES string of the molecule is CC(=O)N1c2ccc(-c3nnc(C)s3)cc2[C@H](CCc2ncccn2)[C@@H](C)[C@@H]1C1CC1. The van der Waals surface area contributed by atoms with Crippen LogP contribution >= 0.6 is 11.3 Å². The fourth-order valence-electron chi connectivity index (χ4n) is 5.15. The van der Waals surface area contributed by atoms with Crippen molar-refractivity contribution in [3.05, 3.63) is 53.1 Å². The van der Waals surface area contributed by atoms with Gasteiger partial charge in [0.15, 0.2) is 0 Å². The lowest BCUT2D eigenvalue weighted by atomic mass is 9.73. The van der Waals surface area contributed by atoms with E-state index in [2.05, 4.69) is 50.2 Å². The second-order valence-electron chi connectivity index (χ2n) is 8.79. The van der Waals surface area contributed by atoms with Crippen molar-refractivity contribution in [2.45, 2.75) is 58.4 Å². The van der Waals surface area contributed by atoms with E-state index in [1.165, 1.54) is 18.4 Å². The van der Waals surface area contributed by atoms with E-state index in [-0.39, 0.29) is 11.9 Å². The average Bonchev–Trinajstić information content (AvgIpc) is 3.52. The Kier molecular flexibility index (Phi) is 5.30. The second-order valence-corrected chi connectivity index (χ2v) is 9.97. The number of benzene rings is 1. The maximum absolute atomic E-state index is 12.8. The zero-order valence-corrected chi connectivity index (χ0v) is 19.0. The summed E-state index contributed by atoms with van der Waals surface area (Å²) < 4.78 is 0. The van der Waals surface area contributed by atoms with E-state index >= 15 is 0 Å². The van der Waals surface area contributed by atoms with Crippen LogP contribution in [0.15, 0.2) is 36.7 Å². The van der Waals surface area contributed by atoms with E-state index in [4.69, 9.17) is 0 Å². The second kappa shape index (κ2) is 8.11. The number of hydrogen-bond acceptors (Lipinski definition) is 6. The molecule has 1 aliphatic carbocycles. The van der Waals surface area contributed by atoms with E-state index in [9.17, 15) is 4.79 Å². The van der Waals surface area contributed by atoms with E-state index in [0.717, 1.165) is 39.9 Å². The Morgan fingerprint density at radius 3 is 2.61 bits per heavy atom. The van der Waals surface area contributed by atoms with Crippen molar-refractivity contribution < 1.29 is 4.79 Å². The lowest BCUT2D eigenvalue weighted by Gasteiger charge is -2.46. The van der Waals surface area contributed by atoms with Gasteiger partial charge in [0.2, 0.25) is 5.91 Å². The predicted octanol–water partition coefficient (Wildman–Crippen LogP) is 4.80. The summed E-state index contributed by atoms with van der Waals surface area (Å²) in [5.74, 6) is 2.33. The van der Waals surface area contributed by atoms with Crippen LogP contribution in [0.1, 0.15) is 55.4 Å². The maximum atomic E-state index is 12.8. The zero-order chi connectivity index (χ0) is 21.5. The molecule has 0 N–H and O–H groups in total. The smallest absolute Gasteiger partial charge is 0.224 e. The van der Waals surface area contributed by atoms with Gasteiger partial charge in [-0.15, -0.1) is 10.2 Å². The molecule has 3 heterocycles. The molecule has 2 aromatic heterocycles. The lowest BCUT2D eigenvalue weighted by molar-refractivity contribution is -0.117. The molecule has 0 saturated heterocycles. The molecule has 0 unspecified atom stereocenters. The van der Waals surface area contributed by atoms with Crippen molar-refractivity contribution in [2.24, 2.45) is 11.8 Å². The number of fused-ring (bicyclic) bond motifs is 1. The molecule has 1 aliphatic heterocycles. The molecule has 0 bridgehead atoms. The maximum Gasteiger partial charge on any atom is 0.224 e. The normalized spacial score (nSPS) is 22.9. The minimum absolute atomic E-state index is 0.134. The molecule has 1 fully saturated rings. The zero-order valence-electron chi connectivity index (χ0n) is 18.2. The van der Waals surface area contributed by atoms with Crippen molar-refractivity contribution >= 4 is 22.9 Å². The summed E-state index contributed by atoms with van der Waals surface area (Å²) in [4.78, 5) is 23.7. The molecule has 1 aromatic carbocycles. The number of aromatic nitrogens is 4. The first-order valence-electron chi connectivity index (χ1n) is 11.0. The van der Waals surface area contributed by atoms with Crippen molar-refractivity contribution in [3.8, 4) is 10.6 Å². The monoisotopic (exact) mass is 433 g/mol. The first-order valence-corrected chi connectivity index (χ1v) is 11.8. The van der Waals surface area contributed by atoms with Crippen LogP contribution in [0.4, 0.5) is 5.69 Å². The Bertz CT molecular complexity index is 1090. The highest BCUT2D eigenvalue weighted by molar-refractivity contribution is 7.14. The van der Waals surface area contributed by atoms with Crippen LogP contribution in [-0.4, -0.2) is 32.1 Å². The molecule has 0 radical (unpaired) electrons. The number of hydrogen-bond donors (Lipinski definition) is 0. The first kappa shape index (κ1) is 20.2. The number of carbonyl (C=O) groups is 1. The summed E-state index contributed by atoms with van der Waals surface area (Å²) >= 11 is 1.60. The Hall–Kier alpha value is -2.67. The first-order chi connectivity index (χ1) is 15.0. The molecular weight excluding hydrogens is 406 g/mol. The average molecular weight is 434 g/mol. The minimum atomic E-state index is 0.134. The van der Waals surface area contributed by atoms with Gasteiger partial charge >= 0.3 is 0 Å². The largest absolute Gasteiger partial charge is 0.309 e. The molecule has 3 aromatic rings. The van der Waals surface area contributed by atoms with Gasteiger partial charge in [-0.1, -0.05) is 18.3 Å². The van der Waals surface area contributed by atoms with Crippen LogP contribution < -0.4 is 4.90 Å². The van der Waals surface area contributed by atoms with Crippen molar-refractivity contribution in [3.63, 3.8) is 0 Å². The fraction of sp³-hybridized carbons (Fsp3) is 0.458. The van der Waals surface area contributed by atoms with Gasteiger partial charge in [0, 0.05) is 43.0 Å². The van der Waals surface area contributed by atoms with Crippen LogP contribution in [0.2, 0.25) is 0 Å². The van der Waals surface area contributed by atoms with Gasteiger partial charge in [-0.05, 0) is 73.8 Å². The van der Waals surface area contributed by atoms with Crippen LogP contribution in [0.3, 0.4) is 0 Å². The highest BCUT2D eigenvalue weighted by atomic mass is 32.1. The summed E-state index contributed by atoms with van der Waals surface area (Å²) in [5, 5.41) is 10.4. The van der Waals surface area contributed by atoms with Crippen molar-refractivity contribution in [1.29, 1.82) is 0 Å². The molecular formula is C24H27N5OS. The number of anilines is 1. The van der Waals surface area contributed by atoms with Crippen molar-refractivity contribution in [2.75, 3.05) is 4.90 Å². The highest BCUT2D eigenvalue weighted by Crippen LogP contribution is 2.51. The molecule has 31 heavy (non-hydrogen) atoms. The standard InChI is InChI=1S/C24H27N5OS/c1-14-19(8-10-22-25-11-4-12-26-22)20-13-18(24-28-27-15(2)31-24)7-9-21(20)29(16(3)30)23(14)17-5-6-17/h4,7,9,11-14,17,19,23H,5-6,8,10H2,1-3H3/t14-,19-,23-/m1/s1. The third-order valence-corrected chi connectivity index (χ3v) is 7.56. The Morgan fingerprint density at radius 2 is 1.97 bits per heavy atom. The third kappa shape index (κ3) is 3.87. The summed E-state index contributed by atoms with van der Waals surface area (Å²) in [6.07, 6.45) is 7.83. The van der Waals surface area contributed by atoms with Gasteiger partial charge in [-0.2, -0.15) is 0 Å². The van der Waals surface area contributed by atoms with Crippen molar-refractivity contribution in [1.82, 2.24) is 20.2 Å². The molecule has 3 atom stereocenters. The van der Waals surface area contributed by atoms with Gasteiger partial charge in [0.1, 0.15) is 15.8 Å². The van der Waals surface area contributed by atoms with E-state index < -0.39 is 0 Å². The molecule has 160 valence electrons. The number of aryl methyl sites for hydroxylation is 2. The van der Waals surface area contributed by atoms with Gasteiger partial charge in [-0.25, -0.2) is 9.97 Å². The quantitative estimate of drug-likeness (QED) is 0.578. The summed E-state index contributed by atoms with van der Waals surface area (Å²) in [6, 6.07) is 8.57. The number of carbonyl (C=O) groups excluding carboxylic acids is 1. The molecule has 7 heteroatoms. The van der Waals surface area contributed by atoms with Gasteiger partial charge < -0.3 is 4.90 Å². The Labute approximate surface area is 186 Å². The number of rotatable bonds is 5. The van der Waals surface area contributed by atoms with Crippen LogP contribution in [0, 0.1) is 18.8 Å². The van der Waals surface area contributed by atoms with Crippen LogP contribution in [-0.2, 0) is 11.2 Å². The Balaban J connectivity index is 1.57. The highest BCUT2D eigenvalue weighted by Gasteiger charge is 2.47. The topological polar surface area (TPSA) is 71.9 Å². The van der Waals surface area contributed by atoms with Gasteiger partial charge in [-0.3, -0.25) is 4.79 Å².